The second kappa shape index (κ2) is 5.71. The van der Waals surface area contributed by atoms with Crippen LogP contribution in [0.2, 0.25) is 0 Å². The summed E-state index contributed by atoms with van der Waals surface area (Å²) in [6.45, 7) is 7.98. The molecular weight excluding hydrogens is 258 g/mol. The van der Waals surface area contributed by atoms with Gasteiger partial charge < -0.3 is 19.5 Å². The Bertz CT molecular complexity index is 493. The SMILES string of the molecule is CC(NC(=O)COC(C)(C)C)c1ccc2c(c1)OCO2. The van der Waals surface area contributed by atoms with E-state index in [-0.39, 0.29) is 30.9 Å². The molecule has 1 aromatic carbocycles. The Hall–Kier alpha value is -1.75. The zero-order chi connectivity index (χ0) is 14.8. The van der Waals surface area contributed by atoms with E-state index >= 15 is 0 Å². The van der Waals surface area contributed by atoms with Gasteiger partial charge in [0.15, 0.2) is 11.5 Å². The predicted octanol–water partition coefficient (Wildman–Crippen LogP) is 2.41. The van der Waals surface area contributed by atoms with Crippen LogP contribution in [0, 0.1) is 0 Å². The third-order valence-corrected chi connectivity index (χ3v) is 2.91. The summed E-state index contributed by atoms with van der Waals surface area (Å²) in [7, 11) is 0. The van der Waals surface area contributed by atoms with Crippen LogP contribution in [0.1, 0.15) is 39.3 Å². The molecule has 0 radical (unpaired) electrons. The lowest BCUT2D eigenvalue weighted by molar-refractivity contribution is -0.131. The summed E-state index contributed by atoms with van der Waals surface area (Å²) in [5, 5.41) is 2.90. The molecule has 5 nitrogen and oxygen atoms in total. The van der Waals surface area contributed by atoms with Crippen molar-refractivity contribution in [3.63, 3.8) is 0 Å². The van der Waals surface area contributed by atoms with Crippen LogP contribution < -0.4 is 14.8 Å². The van der Waals surface area contributed by atoms with Gasteiger partial charge in [-0.1, -0.05) is 6.07 Å². The molecule has 0 saturated carbocycles. The minimum absolute atomic E-state index is 0.0540. The Labute approximate surface area is 119 Å². The van der Waals surface area contributed by atoms with E-state index in [1.165, 1.54) is 0 Å². The van der Waals surface area contributed by atoms with Crippen molar-refractivity contribution in [3.8, 4) is 11.5 Å². The van der Waals surface area contributed by atoms with Gasteiger partial charge in [-0.3, -0.25) is 4.79 Å². The number of carbonyl (C=O) groups is 1. The fraction of sp³-hybridized carbons (Fsp3) is 0.533. The van der Waals surface area contributed by atoms with Crippen molar-refractivity contribution in [1.82, 2.24) is 5.32 Å². The third-order valence-electron chi connectivity index (χ3n) is 2.91. The molecule has 1 heterocycles. The van der Waals surface area contributed by atoms with Gasteiger partial charge in [0, 0.05) is 0 Å². The Morgan fingerprint density at radius 1 is 1.35 bits per heavy atom. The van der Waals surface area contributed by atoms with Gasteiger partial charge in [0.05, 0.1) is 11.6 Å². The van der Waals surface area contributed by atoms with Crippen LogP contribution in [0.25, 0.3) is 0 Å². The lowest BCUT2D eigenvalue weighted by atomic mass is 10.1. The standard InChI is InChI=1S/C15H21NO4/c1-10(16-14(17)8-20-15(2,3)4)11-5-6-12-13(7-11)19-9-18-12/h5-7,10H,8-9H2,1-4H3,(H,16,17). The lowest BCUT2D eigenvalue weighted by Gasteiger charge is -2.20. The highest BCUT2D eigenvalue weighted by molar-refractivity contribution is 5.77. The summed E-state index contributed by atoms with van der Waals surface area (Å²) >= 11 is 0. The minimum Gasteiger partial charge on any atom is -0.454 e. The quantitative estimate of drug-likeness (QED) is 0.919. The second-order valence-corrected chi connectivity index (χ2v) is 5.80. The highest BCUT2D eigenvalue weighted by Crippen LogP contribution is 2.34. The number of fused-ring (bicyclic) bond motifs is 1. The van der Waals surface area contributed by atoms with Crippen molar-refractivity contribution >= 4 is 5.91 Å². The van der Waals surface area contributed by atoms with E-state index in [4.69, 9.17) is 14.2 Å². The first-order valence-electron chi connectivity index (χ1n) is 6.68. The maximum atomic E-state index is 11.8. The number of hydrogen-bond acceptors (Lipinski definition) is 4. The average Bonchev–Trinajstić information content (AvgIpc) is 2.82. The maximum absolute atomic E-state index is 11.8. The van der Waals surface area contributed by atoms with Crippen LogP contribution in [0.5, 0.6) is 11.5 Å². The average molecular weight is 279 g/mol. The number of rotatable bonds is 4. The van der Waals surface area contributed by atoms with Gasteiger partial charge >= 0.3 is 0 Å². The van der Waals surface area contributed by atoms with Crippen LogP contribution >= 0.6 is 0 Å². The molecular formula is C15H21NO4. The van der Waals surface area contributed by atoms with E-state index in [0.29, 0.717) is 0 Å². The highest BCUT2D eigenvalue weighted by atomic mass is 16.7. The Morgan fingerprint density at radius 2 is 2.05 bits per heavy atom. The molecule has 1 N–H and O–H groups in total. The van der Waals surface area contributed by atoms with Crippen LogP contribution in [0.3, 0.4) is 0 Å². The van der Waals surface area contributed by atoms with Crippen molar-refractivity contribution in [2.24, 2.45) is 0 Å². The van der Waals surface area contributed by atoms with Gasteiger partial charge in [0.25, 0.3) is 0 Å². The number of amides is 1. The summed E-state index contributed by atoms with van der Waals surface area (Å²) in [5.74, 6) is 1.32. The summed E-state index contributed by atoms with van der Waals surface area (Å²) in [6.07, 6.45) is 0. The topological polar surface area (TPSA) is 56.8 Å². The molecule has 1 aliphatic heterocycles. The number of benzene rings is 1. The van der Waals surface area contributed by atoms with E-state index in [1.54, 1.807) is 0 Å². The number of nitrogens with one attached hydrogen (secondary N) is 1. The van der Waals surface area contributed by atoms with E-state index in [9.17, 15) is 4.79 Å². The first-order valence-corrected chi connectivity index (χ1v) is 6.68. The van der Waals surface area contributed by atoms with Gasteiger partial charge in [-0.2, -0.15) is 0 Å². The Balaban J connectivity index is 1.91. The van der Waals surface area contributed by atoms with Gasteiger partial charge in [-0.25, -0.2) is 0 Å². The van der Waals surface area contributed by atoms with E-state index in [2.05, 4.69) is 5.32 Å². The van der Waals surface area contributed by atoms with Gasteiger partial charge in [-0.05, 0) is 45.4 Å². The lowest BCUT2D eigenvalue weighted by Crippen LogP contribution is -2.33. The second-order valence-electron chi connectivity index (χ2n) is 5.80. The van der Waals surface area contributed by atoms with Crippen molar-refractivity contribution in [2.75, 3.05) is 13.4 Å². The van der Waals surface area contributed by atoms with Crippen molar-refractivity contribution in [2.45, 2.75) is 39.3 Å². The molecule has 110 valence electrons. The molecule has 1 amide bonds. The van der Waals surface area contributed by atoms with Crippen molar-refractivity contribution < 1.29 is 19.0 Å². The largest absolute Gasteiger partial charge is 0.454 e. The summed E-state index contributed by atoms with van der Waals surface area (Å²) in [5.41, 5.74) is 0.651. The minimum atomic E-state index is -0.320. The van der Waals surface area contributed by atoms with Crippen LogP contribution in [-0.2, 0) is 9.53 Å². The molecule has 1 atom stereocenters. The smallest absolute Gasteiger partial charge is 0.246 e. The fourth-order valence-electron chi connectivity index (χ4n) is 1.83. The molecule has 5 heteroatoms. The summed E-state index contributed by atoms with van der Waals surface area (Å²) in [4.78, 5) is 11.8. The van der Waals surface area contributed by atoms with Crippen molar-refractivity contribution in [1.29, 1.82) is 0 Å². The van der Waals surface area contributed by atoms with Crippen LogP contribution in [0.4, 0.5) is 0 Å². The molecule has 2 rings (SSSR count). The molecule has 0 aromatic heterocycles. The van der Waals surface area contributed by atoms with Gasteiger partial charge in [-0.15, -0.1) is 0 Å². The fourth-order valence-corrected chi connectivity index (χ4v) is 1.83. The summed E-state index contributed by atoms with van der Waals surface area (Å²) in [6, 6.07) is 5.55. The molecule has 20 heavy (non-hydrogen) atoms. The van der Waals surface area contributed by atoms with E-state index < -0.39 is 0 Å². The number of ether oxygens (including phenoxy) is 3. The monoisotopic (exact) mass is 279 g/mol. The molecule has 0 aliphatic carbocycles. The summed E-state index contributed by atoms with van der Waals surface area (Å²) < 4.78 is 16.0. The first-order chi connectivity index (χ1) is 9.35. The molecule has 0 fully saturated rings. The Morgan fingerprint density at radius 3 is 2.75 bits per heavy atom. The molecule has 1 unspecified atom stereocenters. The zero-order valence-electron chi connectivity index (χ0n) is 12.4. The van der Waals surface area contributed by atoms with Gasteiger partial charge in [0.1, 0.15) is 6.61 Å². The van der Waals surface area contributed by atoms with E-state index in [0.717, 1.165) is 17.1 Å². The molecule has 0 saturated heterocycles. The number of hydrogen-bond donors (Lipinski definition) is 1. The third kappa shape index (κ3) is 3.87. The van der Waals surface area contributed by atoms with Gasteiger partial charge in [0.2, 0.25) is 12.7 Å². The molecule has 0 spiro atoms. The molecule has 0 bridgehead atoms. The Kier molecular flexibility index (Phi) is 4.18. The molecule has 1 aromatic rings. The highest BCUT2D eigenvalue weighted by Gasteiger charge is 2.18. The van der Waals surface area contributed by atoms with Crippen LogP contribution in [0.15, 0.2) is 18.2 Å². The first kappa shape index (κ1) is 14.7. The van der Waals surface area contributed by atoms with Crippen molar-refractivity contribution in [3.05, 3.63) is 23.8 Å². The normalized spacial score (nSPS) is 15.0. The molecule has 1 aliphatic rings. The predicted molar refractivity (Wildman–Crippen MR) is 74.8 cm³/mol. The van der Waals surface area contributed by atoms with Crippen LogP contribution in [-0.4, -0.2) is 24.9 Å². The zero-order valence-corrected chi connectivity index (χ0v) is 12.4. The van der Waals surface area contributed by atoms with E-state index in [1.807, 2.05) is 45.9 Å². The number of carbonyl (C=O) groups excluding carboxylic acids is 1. The maximum Gasteiger partial charge on any atom is 0.246 e.